The molecule has 0 saturated carbocycles. The van der Waals surface area contributed by atoms with Crippen molar-refractivity contribution in [3.63, 3.8) is 0 Å². The van der Waals surface area contributed by atoms with Crippen molar-refractivity contribution in [2.45, 2.75) is 32.5 Å². The van der Waals surface area contributed by atoms with Crippen LogP contribution in [0.25, 0.3) is 0 Å². The minimum absolute atomic E-state index is 0.243. The first-order valence-electron chi connectivity index (χ1n) is 6.71. The quantitative estimate of drug-likeness (QED) is 0.631. The molecule has 6 nitrogen and oxygen atoms in total. The number of nitrogens with one attached hydrogen (secondary N) is 1. The van der Waals surface area contributed by atoms with E-state index in [-0.39, 0.29) is 17.8 Å². The fourth-order valence-corrected chi connectivity index (χ4v) is 4.70. The van der Waals surface area contributed by atoms with E-state index in [0.29, 0.717) is 32.8 Å². The Kier molecular flexibility index (Phi) is 4.35. The molecular formula is C12H22NO5P. The zero-order valence-electron chi connectivity index (χ0n) is 11.7. The predicted octanol–water partition coefficient (Wildman–Crippen LogP) is 1.75. The fourth-order valence-electron chi connectivity index (χ4n) is 2.42. The van der Waals surface area contributed by atoms with Crippen LogP contribution in [0.2, 0.25) is 0 Å². The lowest BCUT2D eigenvalue weighted by molar-refractivity contribution is -0.147. The van der Waals surface area contributed by atoms with Crippen LogP contribution in [-0.2, 0) is 23.1 Å². The summed E-state index contributed by atoms with van der Waals surface area (Å²) in [5.41, 5.74) is 0. The van der Waals surface area contributed by atoms with Gasteiger partial charge in [-0.3, -0.25) is 9.36 Å². The number of rotatable bonds is 3. The van der Waals surface area contributed by atoms with Crippen molar-refractivity contribution in [3.05, 3.63) is 0 Å². The monoisotopic (exact) mass is 291 g/mol. The van der Waals surface area contributed by atoms with Gasteiger partial charge in [0.05, 0.1) is 25.7 Å². The van der Waals surface area contributed by atoms with Gasteiger partial charge in [-0.25, -0.2) is 0 Å². The van der Waals surface area contributed by atoms with E-state index < -0.39 is 12.9 Å². The van der Waals surface area contributed by atoms with E-state index in [9.17, 15) is 9.36 Å². The molecular weight excluding hydrogens is 269 g/mol. The Morgan fingerprint density at radius 3 is 2.68 bits per heavy atom. The van der Waals surface area contributed by atoms with Gasteiger partial charge in [-0.1, -0.05) is 6.92 Å². The molecule has 1 N–H and O–H groups in total. The highest BCUT2D eigenvalue weighted by molar-refractivity contribution is 7.55. The maximum atomic E-state index is 12.8. The molecule has 2 heterocycles. The molecule has 2 unspecified atom stereocenters. The summed E-state index contributed by atoms with van der Waals surface area (Å²) in [5.74, 6) is -0.300. The summed E-state index contributed by atoms with van der Waals surface area (Å²) in [4.78, 5) is 11.7. The van der Waals surface area contributed by atoms with Crippen LogP contribution in [0.4, 0.5) is 0 Å². The number of carbonyl (C=O) groups excluding carboxylic acids is 1. The molecule has 2 atom stereocenters. The number of ether oxygens (including phenoxy) is 1. The third-order valence-corrected chi connectivity index (χ3v) is 6.18. The van der Waals surface area contributed by atoms with Crippen LogP contribution in [0.3, 0.4) is 0 Å². The first kappa shape index (κ1) is 15.0. The largest absolute Gasteiger partial charge is 0.466 e. The van der Waals surface area contributed by atoms with E-state index in [1.165, 1.54) is 0 Å². The molecule has 110 valence electrons. The lowest BCUT2D eigenvalue weighted by Gasteiger charge is -2.37. The lowest BCUT2D eigenvalue weighted by Crippen LogP contribution is -2.39. The van der Waals surface area contributed by atoms with Crippen LogP contribution in [0.5, 0.6) is 0 Å². The molecule has 2 aliphatic rings. The van der Waals surface area contributed by atoms with Gasteiger partial charge >= 0.3 is 13.6 Å². The third-order valence-electron chi connectivity index (χ3n) is 3.66. The number of carbonyl (C=O) groups is 1. The maximum absolute atomic E-state index is 12.8. The third kappa shape index (κ3) is 2.87. The van der Waals surface area contributed by atoms with Crippen molar-refractivity contribution in [1.82, 2.24) is 5.32 Å². The van der Waals surface area contributed by atoms with Crippen LogP contribution < -0.4 is 5.32 Å². The van der Waals surface area contributed by atoms with Crippen molar-refractivity contribution >= 4 is 13.6 Å². The van der Waals surface area contributed by atoms with Gasteiger partial charge in [0.2, 0.25) is 0 Å². The maximum Gasteiger partial charge on any atom is 0.350 e. The SMILES string of the molecule is CCOC(=O)C1CNC(C)(P2(=O)OCC(C)CO2)C1. The summed E-state index contributed by atoms with van der Waals surface area (Å²) in [6.07, 6.45) is 0.414. The molecule has 0 spiro atoms. The molecule has 0 aromatic carbocycles. The van der Waals surface area contributed by atoms with E-state index in [1.807, 2.05) is 6.92 Å². The van der Waals surface area contributed by atoms with Gasteiger partial charge < -0.3 is 19.1 Å². The predicted molar refractivity (Wildman–Crippen MR) is 69.8 cm³/mol. The van der Waals surface area contributed by atoms with E-state index in [4.69, 9.17) is 13.8 Å². The summed E-state index contributed by atoms with van der Waals surface area (Å²) in [5, 5.41) is 2.33. The minimum atomic E-state index is -3.23. The van der Waals surface area contributed by atoms with Gasteiger partial charge in [0, 0.05) is 12.5 Å². The zero-order valence-corrected chi connectivity index (χ0v) is 12.6. The smallest absolute Gasteiger partial charge is 0.350 e. The van der Waals surface area contributed by atoms with Gasteiger partial charge in [0.15, 0.2) is 0 Å². The van der Waals surface area contributed by atoms with E-state index in [1.54, 1.807) is 13.8 Å². The zero-order chi connectivity index (χ0) is 14.1. The van der Waals surface area contributed by atoms with Crippen LogP contribution in [0, 0.1) is 11.8 Å². The summed E-state index contributed by atoms with van der Waals surface area (Å²) < 4.78 is 28.7. The van der Waals surface area contributed by atoms with Gasteiger partial charge in [0.1, 0.15) is 5.28 Å². The van der Waals surface area contributed by atoms with Crippen LogP contribution in [0.15, 0.2) is 0 Å². The van der Waals surface area contributed by atoms with Gasteiger partial charge in [-0.15, -0.1) is 0 Å². The molecule has 0 aromatic heterocycles. The first-order chi connectivity index (χ1) is 8.90. The minimum Gasteiger partial charge on any atom is -0.466 e. The number of esters is 1. The van der Waals surface area contributed by atoms with E-state index >= 15 is 0 Å². The van der Waals surface area contributed by atoms with Gasteiger partial charge in [-0.05, 0) is 20.3 Å². The van der Waals surface area contributed by atoms with Crippen LogP contribution in [-0.4, -0.2) is 37.6 Å². The molecule has 0 bridgehead atoms. The average Bonchev–Trinajstić information content (AvgIpc) is 2.78. The Morgan fingerprint density at radius 2 is 2.11 bits per heavy atom. The van der Waals surface area contributed by atoms with Crippen LogP contribution >= 0.6 is 7.60 Å². The van der Waals surface area contributed by atoms with E-state index in [0.717, 1.165) is 0 Å². The lowest BCUT2D eigenvalue weighted by atomic mass is 10.1. The molecule has 2 aliphatic heterocycles. The standard InChI is InChI=1S/C12H22NO5P/c1-4-16-11(14)10-5-12(3,13-6-10)19(15)17-7-9(2)8-18-19/h9-10,13H,4-8H2,1-3H3. The number of hydrogen-bond acceptors (Lipinski definition) is 6. The van der Waals surface area contributed by atoms with Crippen molar-refractivity contribution in [2.24, 2.45) is 11.8 Å². The first-order valence-corrected chi connectivity index (χ1v) is 8.25. The summed E-state index contributed by atoms with van der Waals surface area (Å²) >= 11 is 0. The Balaban J connectivity index is 2.04. The summed E-state index contributed by atoms with van der Waals surface area (Å²) in [7, 11) is -3.23. The van der Waals surface area contributed by atoms with Gasteiger partial charge in [0.25, 0.3) is 0 Å². The molecule has 0 aliphatic carbocycles. The summed E-state index contributed by atoms with van der Waals surface area (Å²) in [6.45, 7) is 7.21. The normalized spacial score (nSPS) is 43.1. The Bertz CT molecular complexity index is 390. The molecule has 2 saturated heterocycles. The van der Waals surface area contributed by atoms with Gasteiger partial charge in [-0.2, -0.15) is 0 Å². The molecule has 0 aromatic rings. The van der Waals surface area contributed by atoms with Crippen molar-refractivity contribution in [2.75, 3.05) is 26.4 Å². The second kappa shape index (κ2) is 5.52. The number of hydrogen-bond donors (Lipinski definition) is 1. The topological polar surface area (TPSA) is 73.9 Å². The van der Waals surface area contributed by atoms with Crippen molar-refractivity contribution in [3.8, 4) is 0 Å². The molecule has 0 amide bonds. The second-order valence-electron chi connectivity index (χ2n) is 5.50. The van der Waals surface area contributed by atoms with E-state index in [2.05, 4.69) is 5.32 Å². The molecule has 2 fully saturated rings. The average molecular weight is 291 g/mol. The van der Waals surface area contributed by atoms with Crippen LogP contribution in [0.1, 0.15) is 27.2 Å². The molecule has 2 rings (SSSR count). The Labute approximate surface area is 113 Å². The highest BCUT2D eigenvalue weighted by Gasteiger charge is 2.54. The Hall–Kier alpha value is -0.420. The second-order valence-corrected chi connectivity index (χ2v) is 8.00. The highest BCUT2D eigenvalue weighted by atomic mass is 31.2. The molecule has 0 radical (unpaired) electrons. The Morgan fingerprint density at radius 1 is 1.47 bits per heavy atom. The van der Waals surface area contributed by atoms with Crippen molar-refractivity contribution < 1.29 is 23.1 Å². The fraction of sp³-hybridized carbons (Fsp3) is 0.917. The molecule has 7 heteroatoms. The highest BCUT2D eigenvalue weighted by Crippen LogP contribution is 2.64. The summed E-state index contributed by atoms with van der Waals surface area (Å²) in [6, 6.07) is 0. The van der Waals surface area contributed by atoms with Crippen molar-refractivity contribution in [1.29, 1.82) is 0 Å². The molecule has 19 heavy (non-hydrogen) atoms.